The fraction of sp³-hybridized carbons (Fsp3) is 0.391. The number of nitrogens with zero attached hydrogens (tertiary/aromatic N) is 2. The van der Waals surface area contributed by atoms with E-state index in [2.05, 4.69) is 5.32 Å². The van der Waals surface area contributed by atoms with Crippen LogP contribution in [0.25, 0.3) is 0 Å². The molecule has 9 heteroatoms. The average Bonchev–Trinajstić information content (AvgIpc) is 2.74. The van der Waals surface area contributed by atoms with Gasteiger partial charge < -0.3 is 10.2 Å². The van der Waals surface area contributed by atoms with Crippen LogP contribution in [0.4, 0.5) is 10.1 Å². The molecule has 1 N–H and O–H groups in total. The van der Waals surface area contributed by atoms with Gasteiger partial charge in [0.1, 0.15) is 5.82 Å². The fourth-order valence-corrected chi connectivity index (χ4v) is 5.64. The molecule has 2 aromatic rings. The van der Waals surface area contributed by atoms with Gasteiger partial charge in [-0.15, -0.1) is 0 Å². The van der Waals surface area contributed by atoms with Crippen LogP contribution in [-0.4, -0.2) is 56.1 Å². The Morgan fingerprint density at radius 1 is 1.03 bits per heavy atom. The molecule has 172 valence electrons. The lowest BCUT2D eigenvalue weighted by atomic mass is 9.94. The van der Waals surface area contributed by atoms with Gasteiger partial charge in [0.2, 0.25) is 15.9 Å². The molecule has 0 spiro atoms. The van der Waals surface area contributed by atoms with E-state index in [1.165, 1.54) is 64.8 Å². The van der Waals surface area contributed by atoms with Crippen molar-refractivity contribution >= 4 is 27.5 Å². The van der Waals surface area contributed by atoms with Crippen LogP contribution in [0.1, 0.15) is 30.6 Å². The number of sulfonamides is 1. The zero-order chi connectivity index (χ0) is 23.5. The zero-order valence-electron chi connectivity index (χ0n) is 18.4. The van der Waals surface area contributed by atoms with Crippen LogP contribution >= 0.6 is 0 Å². The van der Waals surface area contributed by atoms with Crippen molar-refractivity contribution in [2.75, 3.05) is 32.0 Å². The van der Waals surface area contributed by atoms with E-state index in [4.69, 9.17) is 0 Å². The van der Waals surface area contributed by atoms with Crippen LogP contribution in [0.15, 0.2) is 53.4 Å². The van der Waals surface area contributed by atoms with Crippen molar-refractivity contribution in [2.24, 2.45) is 11.8 Å². The lowest BCUT2D eigenvalue weighted by molar-refractivity contribution is -0.116. The van der Waals surface area contributed by atoms with Crippen molar-refractivity contribution in [2.45, 2.75) is 25.2 Å². The maximum Gasteiger partial charge on any atom is 0.254 e. The maximum absolute atomic E-state index is 13.0. The lowest BCUT2D eigenvalue weighted by Crippen LogP contribution is -2.42. The summed E-state index contributed by atoms with van der Waals surface area (Å²) in [5.74, 6) is -0.665. The summed E-state index contributed by atoms with van der Waals surface area (Å²) in [4.78, 5) is 26.2. The second kappa shape index (κ2) is 9.79. The molecule has 0 radical (unpaired) electrons. The molecule has 0 unspecified atom stereocenters. The first kappa shape index (κ1) is 23.9. The quantitative estimate of drug-likeness (QED) is 0.716. The molecular formula is C23H28FN3O4S. The van der Waals surface area contributed by atoms with Gasteiger partial charge in [-0.2, -0.15) is 4.31 Å². The molecule has 2 amide bonds. The number of halogens is 1. The first-order valence-corrected chi connectivity index (χ1v) is 11.9. The molecule has 2 aromatic carbocycles. The third-order valence-electron chi connectivity index (χ3n) is 5.43. The fourth-order valence-electron chi connectivity index (χ4n) is 3.96. The minimum Gasteiger partial charge on any atom is -0.332 e. The van der Waals surface area contributed by atoms with E-state index in [0.29, 0.717) is 30.6 Å². The standard InChI is InChI=1S/C23H28FN3O4S/c1-16-12-17(2)14-27(13-16)32(30,31)21-10-4-18(5-11-21)23(29)26(3)15-22(28)25-20-8-6-19(24)7-9-20/h4-11,16-17H,12-15H2,1-3H3,(H,25,28)/t16-,17-/m1/s1. The van der Waals surface area contributed by atoms with Crippen molar-refractivity contribution in [3.8, 4) is 0 Å². The monoisotopic (exact) mass is 461 g/mol. The van der Waals surface area contributed by atoms with Crippen LogP contribution < -0.4 is 5.32 Å². The van der Waals surface area contributed by atoms with Gasteiger partial charge in [-0.3, -0.25) is 9.59 Å². The minimum atomic E-state index is -3.63. The van der Waals surface area contributed by atoms with Crippen molar-refractivity contribution in [3.05, 3.63) is 59.9 Å². The van der Waals surface area contributed by atoms with Gasteiger partial charge in [0.25, 0.3) is 5.91 Å². The van der Waals surface area contributed by atoms with E-state index >= 15 is 0 Å². The Hall–Kier alpha value is -2.78. The first-order chi connectivity index (χ1) is 15.1. The summed E-state index contributed by atoms with van der Waals surface area (Å²) in [5, 5.41) is 2.59. The van der Waals surface area contributed by atoms with Gasteiger partial charge in [0, 0.05) is 31.4 Å². The van der Waals surface area contributed by atoms with Crippen LogP contribution in [0.3, 0.4) is 0 Å². The number of rotatable bonds is 6. The molecule has 1 fully saturated rings. The minimum absolute atomic E-state index is 0.145. The molecular weight excluding hydrogens is 433 g/mol. The Morgan fingerprint density at radius 3 is 2.16 bits per heavy atom. The number of carbonyl (C=O) groups is 2. The van der Waals surface area contributed by atoms with Crippen molar-refractivity contribution in [1.82, 2.24) is 9.21 Å². The summed E-state index contributed by atoms with van der Waals surface area (Å²) in [6.45, 7) is 4.85. The Labute approximate surface area is 188 Å². The molecule has 0 aromatic heterocycles. The topological polar surface area (TPSA) is 86.8 Å². The molecule has 7 nitrogen and oxygen atoms in total. The highest BCUT2D eigenvalue weighted by Crippen LogP contribution is 2.26. The van der Waals surface area contributed by atoms with Crippen LogP contribution in [0.5, 0.6) is 0 Å². The molecule has 1 heterocycles. The van der Waals surface area contributed by atoms with Crippen molar-refractivity contribution in [3.63, 3.8) is 0 Å². The summed E-state index contributed by atoms with van der Waals surface area (Å²) in [5.41, 5.74) is 0.703. The maximum atomic E-state index is 13.0. The first-order valence-electron chi connectivity index (χ1n) is 10.5. The van der Waals surface area contributed by atoms with Crippen LogP contribution in [0.2, 0.25) is 0 Å². The molecule has 1 aliphatic heterocycles. The summed E-state index contributed by atoms with van der Waals surface area (Å²) < 4.78 is 40.4. The van der Waals surface area contributed by atoms with Gasteiger partial charge >= 0.3 is 0 Å². The molecule has 3 rings (SSSR count). The normalized spacial score (nSPS) is 19.4. The summed E-state index contributed by atoms with van der Waals surface area (Å²) in [6.07, 6.45) is 1.00. The Bertz CT molecular complexity index is 1060. The van der Waals surface area contributed by atoms with E-state index in [9.17, 15) is 22.4 Å². The predicted octanol–water partition coefficient (Wildman–Crippen LogP) is 3.20. The number of carbonyl (C=O) groups excluding carboxylic acids is 2. The Kier molecular flexibility index (Phi) is 7.30. The molecule has 1 saturated heterocycles. The van der Waals surface area contributed by atoms with E-state index < -0.39 is 27.7 Å². The third kappa shape index (κ3) is 5.72. The number of piperidine rings is 1. The van der Waals surface area contributed by atoms with Gasteiger partial charge in [-0.1, -0.05) is 13.8 Å². The Morgan fingerprint density at radius 2 is 1.59 bits per heavy atom. The number of benzene rings is 2. The van der Waals surface area contributed by atoms with Gasteiger partial charge in [0.05, 0.1) is 11.4 Å². The van der Waals surface area contributed by atoms with E-state index in [1.807, 2.05) is 13.8 Å². The second-order valence-electron chi connectivity index (χ2n) is 8.51. The van der Waals surface area contributed by atoms with E-state index in [1.54, 1.807) is 0 Å². The highest BCUT2D eigenvalue weighted by atomic mass is 32.2. The highest BCUT2D eigenvalue weighted by Gasteiger charge is 2.31. The number of likely N-dealkylation sites (N-methyl/N-ethyl adjacent to an activating group) is 1. The Balaban J connectivity index is 1.63. The third-order valence-corrected chi connectivity index (χ3v) is 7.28. The number of anilines is 1. The predicted molar refractivity (Wildman–Crippen MR) is 120 cm³/mol. The molecule has 1 aliphatic rings. The average molecular weight is 462 g/mol. The van der Waals surface area contributed by atoms with E-state index in [-0.39, 0.29) is 17.0 Å². The van der Waals surface area contributed by atoms with Gasteiger partial charge in [0.15, 0.2) is 0 Å². The summed E-state index contributed by atoms with van der Waals surface area (Å²) >= 11 is 0. The largest absolute Gasteiger partial charge is 0.332 e. The second-order valence-corrected chi connectivity index (χ2v) is 10.4. The van der Waals surface area contributed by atoms with Crippen molar-refractivity contribution in [1.29, 1.82) is 0 Å². The number of amides is 2. The van der Waals surface area contributed by atoms with Gasteiger partial charge in [-0.25, -0.2) is 12.8 Å². The smallest absolute Gasteiger partial charge is 0.254 e. The molecule has 0 aliphatic carbocycles. The van der Waals surface area contributed by atoms with E-state index in [0.717, 1.165) is 6.42 Å². The summed E-state index contributed by atoms with van der Waals surface area (Å²) in [6, 6.07) is 11.1. The van der Waals surface area contributed by atoms with Crippen LogP contribution in [-0.2, 0) is 14.8 Å². The highest BCUT2D eigenvalue weighted by molar-refractivity contribution is 7.89. The number of nitrogens with one attached hydrogen (secondary N) is 1. The lowest BCUT2D eigenvalue weighted by Gasteiger charge is -2.34. The zero-order valence-corrected chi connectivity index (χ0v) is 19.2. The summed E-state index contributed by atoms with van der Waals surface area (Å²) in [7, 11) is -2.15. The number of hydrogen-bond donors (Lipinski definition) is 1. The number of hydrogen-bond acceptors (Lipinski definition) is 4. The molecule has 0 bridgehead atoms. The van der Waals surface area contributed by atoms with Gasteiger partial charge in [-0.05, 0) is 66.8 Å². The molecule has 32 heavy (non-hydrogen) atoms. The van der Waals surface area contributed by atoms with Crippen molar-refractivity contribution < 1.29 is 22.4 Å². The SMILES string of the molecule is C[C@@H]1C[C@@H](C)CN(S(=O)(=O)c2ccc(C(=O)N(C)CC(=O)Nc3ccc(F)cc3)cc2)C1. The molecule has 0 saturated carbocycles. The molecule has 2 atom stereocenters. The van der Waals surface area contributed by atoms with Crippen LogP contribution in [0, 0.1) is 17.7 Å².